The molecule has 0 amide bonds. The van der Waals surface area contributed by atoms with Crippen LogP contribution in [0.25, 0.3) is 0 Å². The Hall–Kier alpha value is -1.80. The van der Waals surface area contributed by atoms with Crippen molar-refractivity contribution >= 4 is 17.6 Å². The molecular formula is C12H23N5O3. The summed E-state index contributed by atoms with van der Waals surface area (Å²) < 4.78 is 11.3. The lowest BCUT2D eigenvalue weighted by Crippen LogP contribution is -2.20. The van der Waals surface area contributed by atoms with Crippen LogP contribution in [0.15, 0.2) is 0 Å². The van der Waals surface area contributed by atoms with Crippen molar-refractivity contribution in [3.8, 4) is 0 Å². The maximum absolute atomic E-state index is 11.8. The van der Waals surface area contributed by atoms with E-state index in [-0.39, 0.29) is 5.56 Å². The van der Waals surface area contributed by atoms with Gasteiger partial charge >= 0.3 is 5.97 Å². The largest absolute Gasteiger partial charge is 0.465 e. The molecule has 1 heterocycles. The fourth-order valence-corrected chi connectivity index (χ4v) is 1.64. The first kappa shape index (κ1) is 16.3. The minimum atomic E-state index is -0.501. The summed E-state index contributed by atoms with van der Waals surface area (Å²) in [4.78, 5) is 13.8. The lowest BCUT2D eigenvalue weighted by molar-refractivity contribution is 0.0603. The van der Waals surface area contributed by atoms with Crippen LogP contribution in [0.4, 0.5) is 11.6 Å². The van der Waals surface area contributed by atoms with E-state index in [2.05, 4.69) is 10.4 Å². The molecule has 0 bridgehead atoms. The Morgan fingerprint density at radius 3 is 2.70 bits per heavy atom. The number of anilines is 2. The normalized spacial score (nSPS) is 10.8. The fraction of sp³-hybridized carbons (Fsp3) is 0.667. The Morgan fingerprint density at radius 2 is 2.15 bits per heavy atom. The molecule has 0 aliphatic rings. The van der Waals surface area contributed by atoms with Gasteiger partial charge in [0.1, 0.15) is 11.4 Å². The second-order valence-electron chi connectivity index (χ2n) is 4.55. The van der Waals surface area contributed by atoms with Gasteiger partial charge in [-0.05, 0) is 14.1 Å². The van der Waals surface area contributed by atoms with Crippen molar-refractivity contribution in [1.29, 1.82) is 0 Å². The average molecular weight is 285 g/mol. The molecule has 0 radical (unpaired) electrons. The van der Waals surface area contributed by atoms with E-state index in [0.29, 0.717) is 31.3 Å². The van der Waals surface area contributed by atoms with Gasteiger partial charge in [-0.3, -0.25) is 0 Å². The number of rotatable bonds is 8. The molecule has 0 atom stereocenters. The van der Waals surface area contributed by atoms with Gasteiger partial charge in [-0.25, -0.2) is 9.48 Å². The third kappa shape index (κ3) is 4.10. The minimum absolute atomic E-state index is 0.266. The van der Waals surface area contributed by atoms with E-state index in [1.165, 1.54) is 7.11 Å². The average Bonchev–Trinajstić information content (AvgIpc) is 2.72. The van der Waals surface area contributed by atoms with Crippen molar-refractivity contribution < 1.29 is 14.3 Å². The first-order valence-corrected chi connectivity index (χ1v) is 6.33. The summed E-state index contributed by atoms with van der Waals surface area (Å²) in [6.07, 6.45) is 0. The van der Waals surface area contributed by atoms with Crippen LogP contribution in [0.2, 0.25) is 0 Å². The number of hydrogen-bond donors (Lipinski definition) is 2. The molecule has 0 fully saturated rings. The monoisotopic (exact) mass is 285 g/mol. The number of ether oxygens (including phenoxy) is 2. The van der Waals surface area contributed by atoms with Crippen LogP contribution in [0.3, 0.4) is 0 Å². The number of carbonyl (C=O) groups excluding carboxylic acids is 1. The quantitative estimate of drug-likeness (QED) is 0.507. The van der Waals surface area contributed by atoms with Gasteiger partial charge in [0.25, 0.3) is 0 Å². The predicted octanol–water partition coefficient (Wildman–Crippen LogP) is -0.128. The van der Waals surface area contributed by atoms with Crippen LogP contribution in [-0.2, 0) is 16.0 Å². The number of hydrogen-bond acceptors (Lipinski definition) is 7. The zero-order valence-electron chi connectivity index (χ0n) is 12.5. The number of esters is 1. The fourth-order valence-electron chi connectivity index (χ4n) is 1.64. The van der Waals surface area contributed by atoms with Crippen LogP contribution >= 0.6 is 0 Å². The summed E-state index contributed by atoms with van der Waals surface area (Å²) >= 11 is 0. The Morgan fingerprint density at radius 1 is 1.45 bits per heavy atom. The van der Waals surface area contributed by atoms with Gasteiger partial charge in [-0.15, -0.1) is 0 Å². The molecule has 1 rings (SSSR count). The second kappa shape index (κ2) is 7.71. The Balaban J connectivity index is 2.94. The number of methoxy groups -OCH3 is 2. The number of carbonyl (C=O) groups is 1. The molecule has 0 unspecified atom stereocenters. The first-order valence-electron chi connectivity index (χ1n) is 6.33. The SMILES string of the molecule is COCCNc1nn(CCN(C)C)c(N)c1C(=O)OC. The third-order valence-electron chi connectivity index (χ3n) is 2.74. The molecule has 0 saturated carbocycles. The highest BCUT2D eigenvalue weighted by atomic mass is 16.5. The molecule has 114 valence electrons. The summed E-state index contributed by atoms with van der Waals surface area (Å²) in [5, 5.41) is 7.35. The maximum atomic E-state index is 11.8. The molecule has 1 aromatic rings. The highest BCUT2D eigenvalue weighted by molar-refractivity contribution is 5.99. The van der Waals surface area contributed by atoms with Gasteiger partial charge in [0.2, 0.25) is 0 Å². The van der Waals surface area contributed by atoms with Crippen molar-refractivity contribution in [3.05, 3.63) is 5.56 Å². The lowest BCUT2D eigenvalue weighted by atomic mass is 10.3. The molecule has 20 heavy (non-hydrogen) atoms. The van der Waals surface area contributed by atoms with Gasteiger partial charge < -0.3 is 25.4 Å². The van der Waals surface area contributed by atoms with Gasteiger partial charge in [-0.2, -0.15) is 5.10 Å². The molecule has 0 aliphatic carbocycles. The number of nitrogens with one attached hydrogen (secondary N) is 1. The molecular weight excluding hydrogens is 262 g/mol. The van der Waals surface area contributed by atoms with E-state index in [0.717, 1.165) is 6.54 Å². The number of aromatic nitrogens is 2. The minimum Gasteiger partial charge on any atom is -0.465 e. The van der Waals surface area contributed by atoms with Gasteiger partial charge in [0.05, 0.1) is 20.3 Å². The van der Waals surface area contributed by atoms with Crippen molar-refractivity contribution in [2.75, 3.05) is 59.1 Å². The summed E-state index contributed by atoms with van der Waals surface area (Å²) in [6.45, 7) is 2.40. The smallest absolute Gasteiger partial charge is 0.345 e. The molecule has 0 aliphatic heterocycles. The van der Waals surface area contributed by atoms with Gasteiger partial charge in [0, 0.05) is 20.2 Å². The zero-order valence-corrected chi connectivity index (χ0v) is 12.5. The van der Waals surface area contributed by atoms with E-state index in [1.807, 2.05) is 19.0 Å². The van der Waals surface area contributed by atoms with Gasteiger partial charge in [0.15, 0.2) is 5.82 Å². The lowest BCUT2D eigenvalue weighted by Gasteiger charge is -2.10. The topological polar surface area (TPSA) is 94.6 Å². The first-order chi connectivity index (χ1) is 9.51. The van der Waals surface area contributed by atoms with Crippen LogP contribution in [0.5, 0.6) is 0 Å². The number of nitrogens with zero attached hydrogens (tertiary/aromatic N) is 3. The van der Waals surface area contributed by atoms with Crippen LogP contribution in [0, 0.1) is 0 Å². The number of nitrogens with two attached hydrogens (primary N) is 1. The maximum Gasteiger partial charge on any atom is 0.345 e. The van der Waals surface area contributed by atoms with Crippen LogP contribution in [-0.4, -0.2) is 68.7 Å². The summed E-state index contributed by atoms with van der Waals surface area (Å²) in [6, 6.07) is 0. The van der Waals surface area contributed by atoms with E-state index in [9.17, 15) is 4.79 Å². The van der Waals surface area contributed by atoms with E-state index in [4.69, 9.17) is 15.2 Å². The van der Waals surface area contributed by atoms with E-state index in [1.54, 1.807) is 11.8 Å². The Labute approximate surface area is 118 Å². The second-order valence-corrected chi connectivity index (χ2v) is 4.55. The summed E-state index contributed by atoms with van der Waals surface area (Å²) in [5.41, 5.74) is 6.25. The molecule has 0 spiro atoms. The molecule has 8 heteroatoms. The predicted molar refractivity (Wildman–Crippen MR) is 76.9 cm³/mol. The Bertz CT molecular complexity index is 445. The van der Waals surface area contributed by atoms with E-state index >= 15 is 0 Å². The van der Waals surface area contributed by atoms with Crippen LogP contribution in [0.1, 0.15) is 10.4 Å². The number of nitrogen functional groups attached to an aromatic ring is 1. The standard InChI is InChI=1S/C12H23N5O3/c1-16(2)6-7-17-10(13)9(12(18)20-4)11(15-17)14-5-8-19-3/h5-8,13H2,1-4H3,(H,14,15). The zero-order chi connectivity index (χ0) is 15.1. The van der Waals surface area contributed by atoms with Crippen molar-refractivity contribution in [2.24, 2.45) is 0 Å². The molecule has 0 aromatic carbocycles. The summed E-state index contributed by atoms with van der Waals surface area (Å²) in [5.74, 6) is 0.224. The number of likely N-dealkylation sites (N-methyl/N-ethyl adjacent to an activating group) is 1. The highest BCUT2D eigenvalue weighted by Crippen LogP contribution is 2.22. The van der Waals surface area contributed by atoms with Crippen LogP contribution < -0.4 is 11.1 Å². The molecule has 8 nitrogen and oxygen atoms in total. The molecule has 1 aromatic heterocycles. The molecule has 0 saturated heterocycles. The van der Waals surface area contributed by atoms with Crippen molar-refractivity contribution in [3.63, 3.8) is 0 Å². The van der Waals surface area contributed by atoms with Crippen molar-refractivity contribution in [1.82, 2.24) is 14.7 Å². The van der Waals surface area contributed by atoms with E-state index < -0.39 is 5.97 Å². The Kier molecular flexibility index (Phi) is 6.26. The summed E-state index contributed by atoms with van der Waals surface area (Å²) in [7, 11) is 6.84. The highest BCUT2D eigenvalue weighted by Gasteiger charge is 2.22. The van der Waals surface area contributed by atoms with Crippen molar-refractivity contribution in [2.45, 2.75) is 6.54 Å². The molecule has 3 N–H and O–H groups in total. The van der Waals surface area contributed by atoms with Gasteiger partial charge in [-0.1, -0.05) is 0 Å². The third-order valence-corrected chi connectivity index (χ3v) is 2.74.